The van der Waals surface area contributed by atoms with E-state index in [-0.39, 0.29) is 0 Å². The Morgan fingerprint density at radius 2 is 2.04 bits per heavy atom. The van der Waals surface area contributed by atoms with Crippen molar-refractivity contribution in [3.05, 3.63) is 53.1 Å². The number of hydrogen-bond donors (Lipinski definition) is 0. The van der Waals surface area contributed by atoms with Gasteiger partial charge in [-0.2, -0.15) is 0 Å². The number of para-hydroxylation sites is 1. The molecule has 1 heterocycles. The van der Waals surface area contributed by atoms with Crippen molar-refractivity contribution in [2.45, 2.75) is 20.0 Å². The molecule has 0 aromatic heterocycles. The third kappa shape index (κ3) is 3.93. The number of ether oxygens (including phenoxy) is 2. The number of fused-ring (bicyclic) bond motifs is 1. The van der Waals surface area contributed by atoms with E-state index in [0.29, 0.717) is 33.9 Å². The van der Waals surface area contributed by atoms with Crippen LogP contribution in [0.3, 0.4) is 0 Å². The van der Waals surface area contributed by atoms with Crippen LogP contribution in [-0.2, 0) is 18.3 Å². The minimum atomic E-state index is -2.11. The summed E-state index contributed by atoms with van der Waals surface area (Å²) >= 11 is -2.11. The van der Waals surface area contributed by atoms with Crippen molar-refractivity contribution in [2.75, 3.05) is 12.0 Å². The van der Waals surface area contributed by atoms with Gasteiger partial charge in [0.1, 0.15) is 0 Å². The van der Waals surface area contributed by atoms with Crippen LogP contribution in [0.4, 0.5) is 5.69 Å². The molecule has 1 atom stereocenters. The van der Waals surface area contributed by atoms with Gasteiger partial charge in [-0.3, -0.25) is 0 Å². The van der Waals surface area contributed by atoms with E-state index in [9.17, 15) is 9.59 Å². The van der Waals surface area contributed by atoms with Crippen LogP contribution in [-0.4, -0.2) is 29.6 Å². The van der Waals surface area contributed by atoms with E-state index >= 15 is 0 Å². The Morgan fingerprint density at radius 3 is 2.67 bits per heavy atom. The summed E-state index contributed by atoms with van der Waals surface area (Å²) in [5.41, 5.74) is 2.20. The van der Waals surface area contributed by atoms with Gasteiger partial charge in [0, 0.05) is 0 Å². The second-order valence-corrected chi connectivity index (χ2v) is 11.6. The molecule has 2 aromatic carbocycles. The molecule has 0 N–H and O–H groups in total. The van der Waals surface area contributed by atoms with E-state index in [1.807, 2.05) is 0 Å². The first-order chi connectivity index (χ1) is 12.8. The van der Waals surface area contributed by atoms with E-state index in [0.717, 1.165) is 4.90 Å². The summed E-state index contributed by atoms with van der Waals surface area (Å²) in [5, 5.41) is 0. The number of amides is 2. The second-order valence-electron chi connectivity index (χ2n) is 5.92. The maximum absolute atomic E-state index is 13.2. The van der Waals surface area contributed by atoms with Crippen molar-refractivity contribution in [1.29, 1.82) is 0 Å². The third-order valence-electron chi connectivity index (χ3n) is 4.18. The van der Waals surface area contributed by atoms with Crippen molar-refractivity contribution in [2.24, 2.45) is 0 Å². The molecule has 5 nitrogen and oxygen atoms in total. The molecular weight excluding hydrogens is 478 g/mol. The van der Waals surface area contributed by atoms with E-state index in [4.69, 9.17) is 28.9 Å². The van der Waals surface area contributed by atoms with E-state index in [1.54, 1.807) is 62.0 Å². The van der Waals surface area contributed by atoms with Gasteiger partial charge in [0.05, 0.1) is 0 Å². The second kappa shape index (κ2) is 8.09. The van der Waals surface area contributed by atoms with Gasteiger partial charge in [0.2, 0.25) is 0 Å². The molecule has 8 heteroatoms. The number of hydrogen-bond acceptors (Lipinski definition) is 4. The molecule has 144 valence electrons. The van der Waals surface area contributed by atoms with Crippen LogP contribution in [0.25, 0.3) is 0 Å². The molecule has 2 amide bonds. The van der Waals surface area contributed by atoms with Crippen molar-refractivity contribution >= 4 is 41.5 Å². The fourth-order valence-electron chi connectivity index (χ4n) is 2.87. The van der Waals surface area contributed by atoms with Gasteiger partial charge in [0.15, 0.2) is 0 Å². The number of halogens is 2. The standard InChI is InChI=1S/C19H17NO4.2ClH.Ru/c1-11-6-5-7-16-17(11)24-13(3)18(21)20(16)19(22)15-9-8-14(23-4)10-12(15)2;;;/h1,5-10,13H,2-4H3;2*1H;/q;;;+2/p-2. The zero-order chi connectivity index (χ0) is 19.7. The first-order valence-corrected chi connectivity index (χ1v) is 13.5. The van der Waals surface area contributed by atoms with Gasteiger partial charge in [0.25, 0.3) is 0 Å². The summed E-state index contributed by atoms with van der Waals surface area (Å²) in [4.78, 5) is 27.2. The van der Waals surface area contributed by atoms with Crippen LogP contribution in [0.5, 0.6) is 11.5 Å². The third-order valence-corrected chi connectivity index (χ3v) is 6.02. The molecule has 0 spiro atoms. The molecule has 27 heavy (non-hydrogen) atoms. The number of nitrogens with zero attached hydrogens (tertiary/aromatic N) is 1. The summed E-state index contributed by atoms with van der Waals surface area (Å²) in [7, 11) is 13.6. The number of benzene rings is 2. The SMILES string of the molecule is COc1ccc(C(=O)N2C(=O)C(C)Oc3c([CH]=[Ru]([Cl])[Cl])cccc32)c(C)c1. The topological polar surface area (TPSA) is 55.8 Å². The van der Waals surface area contributed by atoms with Crippen LogP contribution in [0.2, 0.25) is 0 Å². The average molecular weight is 495 g/mol. The molecule has 0 saturated heterocycles. The monoisotopic (exact) mass is 495 g/mol. The summed E-state index contributed by atoms with van der Waals surface area (Å²) < 4.78 is 12.7. The molecule has 1 aliphatic rings. The molecule has 0 fully saturated rings. The molecule has 0 saturated carbocycles. The Bertz CT molecular complexity index is 957. The fourth-order valence-corrected chi connectivity index (χ4v) is 4.66. The Labute approximate surface area is 170 Å². The molecule has 1 aliphatic heterocycles. The van der Waals surface area contributed by atoms with Crippen LogP contribution in [0, 0.1) is 6.92 Å². The zero-order valence-corrected chi connectivity index (χ0v) is 18.1. The normalized spacial score (nSPS) is 16.3. The maximum atomic E-state index is 13.2. The van der Waals surface area contributed by atoms with Crippen LogP contribution in [0.15, 0.2) is 36.4 Å². The first-order valence-electron chi connectivity index (χ1n) is 7.99. The van der Waals surface area contributed by atoms with Gasteiger partial charge in [-0.25, -0.2) is 0 Å². The predicted octanol–water partition coefficient (Wildman–Crippen LogP) is 4.03. The minimum absolute atomic E-state index is 0.385. The molecule has 0 radical (unpaired) electrons. The molecule has 0 bridgehead atoms. The first kappa shape index (κ1) is 20.0. The number of carbonyl (C=O) groups is 2. The van der Waals surface area contributed by atoms with Gasteiger partial charge < -0.3 is 0 Å². The number of rotatable bonds is 3. The molecule has 3 rings (SSSR count). The van der Waals surface area contributed by atoms with Gasteiger partial charge in [-0.05, 0) is 0 Å². The Morgan fingerprint density at radius 1 is 1.30 bits per heavy atom. The van der Waals surface area contributed by atoms with Crippen LogP contribution in [0.1, 0.15) is 28.4 Å². The van der Waals surface area contributed by atoms with Crippen molar-refractivity contribution in [3.8, 4) is 11.5 Å². The van der Waals surface area contributed by atoms with E-state index in [2.05, 4.69) is 0 Å². The van der Waals surface area contributed by atoms with E-state index < -0.39 is 31.4 Å². The number of imide groups is 1. The van der Waals surface area contributed by atoms with Crippen molar-refractivity contribution in [3.63, 3.8) is 0 Å². The van der Waals surface area contributed by atoms with Gasteiger partial charge in [-0.15, -0.1) is 0 Å². The molecule has 0 aliphatic carbocycles. The van der Waals surface area contributed by atoms with Crippen molar-refractivity contribution < 1.29 is 32.6 Å². The average Bonchev–Trinajstić information content (AvgIpc) is 2.62. The Hall–Kier alpha value is -1.75. The fraction of sp³-hybridized carbons (Fsp3) is 0.211. The number of aryl methyl sites for hydroxylation is 1. The van der Waals surface area contributed by atoms with E-state index in [1.165, 1.54) is 0 Å². The molecule has 2 aromatic rings. The number of carbonyl (C=O) groups excluding carboxylic acids is 2. The van der Waals surface area contributed by atoms with Gasteiger partial charge in [-0.1, -0.05) is 0 Å². The summed E-state index contributed by atoms with van der Waals surface area (Å²) in [6.07, 6.45) is -0.805. The molecular formula is C19H17Cl2NO4Ru. The number of anilines is 1. The zero-order valence-electron chi connectivity index (χ0n) is 14.8. The Balaban J connectivity index is 2.12. The predicted molar refractivity (Wildman–Crippen MR) is 103 cm³/mol. The van der Waals surface area contributed by atoms with Gasteiger partial charge >= 0.3 is 171 Å². The summed E-state index contributed by atoms with van der Waals surface area (Å²) in [6, 6.07) is 10.3. The molecule has 1 unspecified atom stereocenters. The quantitative estimate of drug-likeness (QED) is 0.477. The van der Waals surface area contributed by atoms with Crippen LogP contribution >= 0.6 is 19.4 Å². The summed E-state index contributed by atoms with van der Waals surface area (Å²) in [5.74, 6) is 0.234. The van der Waals surface area contributed by atoms with Crippen LogP contribution < -0.4 is 14.4 Å². The Kier molecular flexibility index (Phi) is 6.00. The number of methoxy groups -OCH3 is 1. The summed E-state index contributed by atoms with van der Waals surface area (Å²) in [6.45, 7) is 3.41. The van der Waals surface area contributed by atoms with Crippen molar-refractivity contribution in [1.82, 2.24) is 0 Å².